The first-order valence-corrected chi connectivity index (χ1v) is 13.2. The van der Waals surface area contributed by atoms with Crippen molar-refractivity contribution in [2.75, 3.05) is 24.7 Å². The molecule has 0 unspecified atom stereocenters. The molecule has 0 bridgehead atoms. The van der Waals surface area contributed by atoms with Crippen molar-refractivity contribution in [3.05, 3.63) is 65.6 Å². The Morgan fingerprint density at radius 2 is 1.81 bits per heavy atom. The van der Waals surface area contributed by atoms with Gasteiger partial charge in [0.2, 0.25) is 5.82 Å². The Morgan fingerprint density at radius 1 is 1.00 bits per heavy atom. The highest BCUT2D eigenvalue weighted by Crippen LogP contribution is 2.35. The minimum absolute atomic E-state index is 0.611. The van der Waals surface area contributed by atoms with E-state index in [1.165, 1.54) is 35.7 Å². The second-order valence-electron chi connectivity index (χ2n) is 10.1. The first-order chi connectivity index (χ1) is 17.7. The van der Waals surface area contributed by atoms with Gasteiger partial charge in [-0.15, -0.1) is 10.2 Å². The number of imidazole rings is 1. The van der Waals surface area contributed by atoms with Crippen molar-refractivity contribution in [1.82, 2.24) is 35.1 Å². The molecule has 6 rings (SSSR count). The van der Waals surface area contributed by atoms with E-state index in [2.05, 4.69) is 85.2 Å². The van der Waals surface area contributed by atoms with E-state index in [0.717, 1.165) is 68.3 Å². The van der Waals surface area contributed by atoms with E-state index in [4.69, 9.17) is 4.98 Å². The highest BCUT2D eigenvalue weighted by Gasteiger charge is 2.32. The zero-order chi connectivity index (χ0) is 24.5. The van der Waals surface area contributed by atoms with Gasteiger partial charge in [0.15, 0.2) is 5.82 Å². The van der Waals surface area contributed by atoms with Crippen molar-refractivity contribution in [3.63, 3.8) is 0 Å². The topological polar surface area (TPSA) is 78.8 Å². The monoisotopic (exact) mass is 482 g/mol. The number of rotatable bonds is 9. The molecule has 2 aliphatic rings. The number of aromatic nitrogens is 6. The van der Waals surface area contributed by atoms with Crippen molar-refractivity contribution >= 4 is 5.82 Å². The Bertz CT molecular complexity index is 1300. The first-order valence-electron chi connectivity index (χ1n) is 13.2. The lowest BCUT2D eigenvalue weighted by Crippen LogP contribution is -2.43. The van der Waals surface area contributed by atoms with Crippen LogP contribution in [-0.4, -0.2) is 54.8 Å². The SMILES string of the molecule is CCCc1nc2c(n1Cc1ccc(-c3ccccc3-c3nn[nH]n3)cc1)CN(CC)CN2CC1CC1. The summed E-state index contributed by atoms with van der Waals surface area (Å²) < 4.78 is 2.49. The molecule has 3 heterocycles. The molecule has 36 heavy (non-hydrogen) atoms. The highest BCUT2D eigenvalue weighted by molar-refractivity contribution is 5.80. The van der Waals surface area contributed by atoms with E-state index in [1.54, 1.807) is 0 Å². The van der Waals surface area contributed by atoms with Crippen LogP contribution in [0.25, 0.3) is 22.5 Å². The molecule has 1 fully saturated rings. The number of anilines is 1. The Labute approximate surface area is 212 Å². The molecule has 0 saturated heterocycles. The minimum Gasteiger partial charge on any atom is -0.342 e. The molecule has 0 amide bonds. The summed E-state index contributed by atoms with van der Waals surface area (Å²) in [4.78, 5) is 10.3. The van der Waals surface area contributed by atoms with Crippen LogP contribution >= 0.6 is 0 Å². The predicted octanol–water partition coefficient (Wildman–Crippen LogP) is 4.74. The maximum absolute atomic E-state index is 5.21. The number of tetrazole rings is 1. The number of aryl methyl sites for hydroxylation is 1. The van der Waals surface area contributed by atoms with E-state index >= 15 is 0 Å². The molecular weight excluding hydrogens is 448 g/mol. The summed E-state index contributed by atoms with van der Waals surface area (Å²) in [6.45, 7) is 9.52. The summed E-state index contributed by atoms with van der Waals surface area (Å²) in [5, 5.41) is 14.7. The van der Waals surface area contributed by atoms with Crippen LogP contribution in [0.4, 0.5) is 5.82 Å². The fraction of sp³-hybridized carbons (Fsp3) is 0.429. The maximum atomic E-state index is 5.21. The summed E-state index contributed by atoms with van der Waals surface area (Å²) in [7, 11) is 0. The number of benzene rings is 2. The average Bonchev–Trinajstić information content (AvgIpc) is 3.43. The van der Waals surface area contributed by atoms with E-state index in [1.807, 2.05) is 12.1 Å². The van der Waals surface area contributed by atoms with Gasteiger partial charge in [0.05, 0.1) is 12.4 Å². The van der Waals surface area contributed by atoms with Gasteiger partial charge >= 0.3 is 0 Å². The standard InChI is InChI=1S/C28H34N8/c1-3-7-26-29-28-25(18-34(4-2)19-35(28)16-20-10-11-20)36(26)17-21-12-14-22(15-13-21)23-8-5-6-9-24(23)27-30-32-33-31-27/h5-6,8-9,12-15,20H,3-4,7,10-11,16-19H2,1-2H3,(H,30,31,32,33). The lowest BCUT2D eigenvalue weighted by Gasteiger charge is -2.36. The Hall–Kier alpha value is -3.52. The third-order valence-electron chi connectivity index (χ3n) is 7.39. The fourth-order valence-corrected chi connectivity index (χ4v) is 5.25. The van der Waals surface area contributed by atoms with Crippen LogP contribution < -0.4 is 4.90 Å². The molecule has 8 nitrogen and oxygen atoms in total. The molecule has 1 aliphatic carbocycles. The van der Waals surface area contributed by atoms with Crippen LogP contribution in [-0.2, 0) is 19.5 Å². The number of nitrogens with zero attached hydrogens (tertiary/aromatic N) is 7. The molecule has 4 aromatic rings. The maximum Gasteiger partial charge on any atom is 0.205 e. The zero-order valence-corrected chi connectivity index (χ0v) is 21.2. The Kier molecular flexibility index (Phi) is 6.27. The highest BCUT2D eigenvalue weighted by atomic mass is 15.5. The van der Waals surface area contributed by atoms with Gasteiger partial charge in [-0.2, -0.15) is 5.21 Å². The van der Waals surface area contributed by atoms with Crippen LogP contribution in [0, 0.1) is 5.92 Å². The molecule has 1 aliphatic heterocycles. The van der Waals surface area contributed by atoms with Gasteiger partial charge in [-0.1, -0.05) is 62.4 Å². The number of H-pyrrole nitrogens is 1. The molecule has 2 aromatic heterocycles. The number of aromatic amines is 1. The van der Waals surface area contributed by atoms with E-state index in [-0.39, 0.29) is 0 Å². The second kappa shape index (κ2) is 9.85. The molecule has 0 atom stereocenters. The van der Waals surface area contributed by atoms with Gasteiger partial charge < -0.3 is 9.47 Å². The minimum atomic E-state index is 0.611. The first kappa shape index (κ1) is 22.9. The lowest BCUT2D eigenvalue weighted by molar-refractivity contribution is 0.256. The predicted molar refractivity (Wildman–Crippen MR) is 141 cm³/mol. The third-order valence-corrected chi connectivity index (χ3v) is 7.39. The van der Waals surface area contributed by atoms with Crippen molar-refractivity contribution in [2.24, 2.45) is 5.92 Å². The van der Waals surface area contributed by atoms with Crippen molar-refractivity contribution in [3.8, 4) is 22.5 Å². The van der Waals surface area contributed by atoms with Gasteiger partial charge in [0.1, 0.15) is 5.82 Å². The summed E-state index contributed by atoms with van der Waals surface area (Å²) in [5.74, 6) is 3.89. The molecule has 2 aromatic carbocycles. The molecule has 1 saturated carbocycles. The van der Waals surface area contributed by atoms with E-state index < -0.39 is 0 Å². The van der Waals surface area contributed by atoms with E-state index in [9.17, 15) is 0 Å². The van der Waals surface area contributed by atoms with Crippen LogP contribution in [0.1, 0.15) is 50.2 Å². The van der Waals surface area contributed by atoms with Gasteiger partial charge in [0.25, 0.3) is 0 Å². The molecule has 0 spiro atoms. The molecule has 0 radical (unpaired) electrons. The normalized spacial score (nSPS) is 15.9. The summed E-state index contributed by atoms with van der Waals surface area (Å²) in [5.41, 5.74) is 5.89. The third kappa shape index (κ3) is 4.53. The largest absolute Gasteiger partial charge is 0.342 e. The summed E-state index contributed by atoms with van der Waals surface area (Å²) in [6, 6.07) is 17.1. The van der Waals surface area contributed by atoms with Crippen molar-refractivity contribution in [2.45, 2.75) is 52.6 Å². The van der Waals surface area contributed by atoms with Gasteiger partial charge in [0, 0.05) is 31.6 Å². The van der Waals surface area contributed by atoms with Crippen LogP contribution in [0.15, 0.2) is 48.5 Å². The van der Waals surface area contributed by atoms with Gasteiger partial charge in [-0.05, 0) is 53.6 Å². The number of nitrogens with one attached hydrogen (secondary N) is 1. The van der Waals surface area contributed by atoms with Crippen LogP contribution in [0.3, 0.4) is 0 Å². The number of hydrogen-bond acceptors (Lipinski definition) is 6. The quantitative estimate of drug-likeness (QED) is 0.371. The van der Waals surface area contributed by atoms with Crippen LogP contribution in [0.5, 0.6) is 0 Å². The van der Waals surface area contributed by atoms with Crippen molar-refractivity contribution in [1.29, 1.82) is 0 Å². The number of hydrogen-bond donors (Lipinski definition) is 1. The van der Waals surface area contributed by atoms with Crippen LogP contribution in [0.2, 0.25) is 0 Å². The van der Waals surface area contributed by atoms with Gasteiger partial charge in [-0.25, -0.2) is 4.98 Å². The molecule has 8 heteroatoms. The second-order valence-corrected chi connectivity index (χ2v) is 10.1. The lowest BCUT2D eigenvalue weighted by atomic mass is 9.98. The summed E-state index contributed by atoms with van der Waals surface area (Å²) >= 11 is 0. The van der Waals surface area contributed by atoms with Crippen molar-refractivity contribution < 1.29 is 0 Å². The molecule has 1 N–H and O–H groups in total. The number of fused-ring (bicyclic) bond motifs is 1. The Balaban J connectivity index is 1.30. The molecular formula is C28H34N8. The molecule has 186 valence electrons. The van der Waals surface area contributed by atoms with E-state index in [0.29, 0.717) is 5.82 Å². The zero-order valence-electron chi connectivity index (χ0n) is 21.2. The average molecular weight is 483 g/mol. The Morgan fingerprint density at radius 3 is 2.50 bits per heavy atom. The fourth-order valence-electron chi connectivity index (χ4n) is 5.25. The summed E-state index contributed by atoms with van der Waals surface area (Å²) in [6.07, 6.45) is 4.83. The van der Waals surface area contributed by atoms with Gasteiger partial charge in [-0.3, -0.25) is 4.90 Å². The smallest absolute Gasteiger partial charge is 0.205 e.